The Morgan fingerprint density at radius 1 is 0.157 bits per heavy atom. The van der Waals surface area contributed by atoms with Gasteiger partial charge in [-0.05, 0) is 204 Å². The Bertz CT molecular complexity index is 6980. The highest BCUT2D eigenvalue weighted by Crippen LogP contribution is 2.44. The lowest BCUT2D eigenvalue weighted by atomic mass is 9.94. The summed E-state index contributed by atoms with van der Waals surface area (Å²) in [5.41, 5.74) is 24.2. The molecule has 0 bridgehead atoms. The van der Waals surface area contributed by atoms with Crippen LogP contribution < -0.4 is 0 Å². The van der Waals surface area contributed by atoms with Crippen molar-refractivity contribution in [1.82, 2.24) is 18.3 Å². The van der Waals surface area contributed by atoms with Crippen molar-refractivity contribution >= 4 is 120 Å². The average Bonchev–Trinajstić information content (AvgIpc) is 1.44. The smallest absolute Gasteiger partial charge is 0.0992 e. The van der Waals surface area contributed by atoms with Crippen LogP contribution in [0.2, 0.25) is 0 Å². The minimum atomic E-state index is 0.652. The lowest BCUT2D eigenvalue weighted by molar-refractivity contribution is 1.18. The Hall–Kier alpha value is -13.8. The molecule has 0 aliphatic heterocycles. The SMILES string of the molecule is N#Cc1cccc(-n2c3ccccc3c3cc(-c4ccc5c(c4)c4ccccc4n5-c4cccc(-c5ccccc5)c4)ccc32)c1.c1ccc(-c2cccc(-n3c4ccccc4c4cc(-c5ccc6c(c5)c5ccccc5n6-c5ccc6c7ccccc7c7ccccc7c6c5)ccc43)c2)cc1. The molecule has 474 valence electrons. The maximum Gasteiger partial charge on any atom is 0.0992 e. The molecule has 0 aliphatic carbocycles. The van der Waals surface area contributed by atoms with Crippen LogP contribution in [0.5, 0.6) is 0 Å². The van der Waals surface area contributed by atoms with E-state index in [2.05, 4.69) is 376 Å². The number of rotatable bonds is 8. The molecule has 21 aromatic rings. The van der Waals surface area contributed by atoms with E-state index in [1.54, 1.807) is 0 Å². The molecular weight excluding hydrogens is 1240 g/mol. The molecule has 4 heterocycles. The minimum Gasteiger partial charge on any atom is -0.309 e. The van der Waals surface area contributed by atoms with Gasteiger partial charge in [0.2, 0.25) is 0 Å². The lowest BCUT2D eigenvalue weighted by Gasteiger charge is -2.14. The summed E-state index contributed by atoms with van der Waals surface area (Å²) in [6.07, 6.45) is 0. The number of hydrogen-bond donors (Lipinski definition) is 0. The van der Waals surface area contributed by atoms with E-state index < -0.39 is 0 Å². The van der Waals surface area contributed by atoms with Gasteiger partial charge in [-0.25, -0.2) is 0 Å². The largest absolute Gasteiger partial charge is 0.309 e. The predicted molar refractivity (Wildman–Crippen MR) is 429 cm³/mol. The number of para-hydroxylation sites is 4. The normalized spacial score (nSPS) is 11.7. The first-order chi connectivity index (χ1) is 50.5. The maximum absolute atomic E-state index is 9.55. The molecule has 0 unspecified atom stereocenters. The van der Waals surface area contributed by atoms with Crippen LogP contribution in [0.4, 0.5) is 0 Å². The lowest BCUT2D eigenvalue weighted by Crippen LogP contribution is -1.94. The zero-order valence-electron chi connectivity index (χ0n) is 55.5. The number of benzene rings is 17. The second kappa shape index (κ2) is 23.7. The third kappa shape index (κ3) is 9.46. The van der Waals surface area contributed by atoms with Crippen LogP contribution in [-0.2, 0) is 0 Å². The Balaban J connectivity index is 0.000000139. The van der Waals surface area contributed by atoms with E-state index in [9.17, 15) is 5.26 Å². The summed E-state index contributed by atoms with van der Waals surface area (Å²) < 4.78 is 9.49. The van der Waals surface area contributed by atoms with Crippen LogP contribution in [0, 0.1) is 11.3 Å². The van der Waals surface area contributed by atoms with Crippen molar-refractivity contribution in [3.8, 4) is 73.3 Å². The molecule has 0 aliphatic rings. The highest BCUT2D eigenvalue weighted by Gasteiger charge is 2.21. The second-order valence-corrected chi connectivity index (χ2v) is 26.7. The molecule has 21 rings (SSSR count). The van der Waals surface area contributed by atoms with E-state index in [1.165, 1.54) is 159 Å². The molecule has 0 fully saturated rings. The molecule has 0 N–H and O–H groups in total. The fourth-order valence-corrected chi connectivity index (χ4v) is 16.4. The summed E-state index contributed by atoms with van der Waals surface area (Å²) in [6.45, 7) is 0. The number of aromatic nitrogens is 4. The molecular formula is C97H61N5. The Kier molecular flexibility index (Phi) is 13.6. The molecule has 0 saturated heterocycles. The van der Waals surface area contributed by atoms with Gasteiger partial charge in [-0.15, -0.1) is 0 Å². The van der Waals surface area contributed by atoms with E-state index in [-0.39, 0.29) is 0 Å². The topological polar surface area (TPSA) is 43.5 Å². The van der Waals surface area contributed by atoms with Crippen LogP contribution >= 0.6 is 0 Å². The van der Waals surface area contributed by atoms with Crippen LogP contribution in [-0.4, -0.2) is 18.3 Å². The Labute approximate surface area is 588 Å². The minimum absolute atomic E-state index is 0.652. The standard InChI is InChI=1S/C54H34N2.C43H27N3/c1-2-13-35(14-3-1)36-15-12-16-39(31-36)55-51-23-10-8-21-46(51)49-32-37(25-29-53(49)55)38-26-30-54-50(33-38)47-22-9-11-24-52(47)56(54)40-27-28-45-43-19-5-4-17-41(43)42-18-6-7-20-44(42)48(45)34-40;44-28-29-10-8-14-34(24-29)45-40-18-6-4-16-36(40)38-26-32(20-22-42(38)45)33-21-23-43-39(27-33)37-17-5-7-19-41(37)46(43)35-15-9-13-31(25-35)30-11-2-1-3-12-30/h1-34H;1-27H. The molecule has 102 heavy (non-hydrogen) atoms. The summed E-state index contributed by atoms with van der Waals surface area (Å²) in [4.78, 5) is 0. The highest BCUT2D eigenvalue weighted by molar-refractivity contribution is 6.26. The van der Waals surface area contributed by atoms with Crippen molar-refractivity contribution in [2.45, 2.75) is 0 Å². The molecule has 17 aromatic carbocycles. The maximum atomic E-state index is 9.55. The van der Waals surface area contributed by atoms with Gasteiger partial charge in [0.1, 0.15) is 0 Å². The van der Waals surface area contributed by atoms with Gasteiger partial charge in [0.15, 0.2) is 0 Å². The van der Waals surface area contributed by atoms with E-state index in [4.69, 9.17) is 0 Å². The molecule has 0 spiro atoms. The predicted octanol–water partition coefficient (Wildman–Crippen LogP) is 25.8. The van der Waals surface area contributed by atoms with Crippen molar-refractivity contribution in [1.29, 1.82) is 5.26 Å². The molecule has 0 saturated carbocycles. The summed E-state index contributed by atoms with van der Waals surface area (Å²) in [6, 6.07) is 136. The van der Waals surface area contributed by atoms with Crippen LogP contribution in [0.3, 0.4) is 0 Å². The fraction of sp³-hybridized carbons (Fsp3) is 0. The summed E-state index contributed by atoms with van der Waals surface area (Å²) >= 11 is 0. The molecule has 5 nitrogen and oxygen atoms in total. The third-order valence-corrected chi connectivity index (χ3v) is 21.0. The van der Waals surface area contributed by atoms with E-state index in [1.807, 2.05) is 18.2 Å². The molecule has 0 radical (unpaired) electrons. The first-order valence-electron chi connectivity index (χ1n) is 34.8. The zero-order chi connectivity index (χ0) is 67.4. The number of nitriles is 1. The first kappa shape index (κ1) is 58.4. The van der Waals surface area contributed by atoms with Crippen molar-refractivity contribution in [3.63, 3.8) is 0 Å². The van der Waals surface area contributed by atoms with E-state index in [0.717, 1.165) is 28.1 Å². The van der Waals surface area contributed by atoms with Crippen LogP contribution in [0.15, 0.2) is 370 Å². The van der Waals surface area contributed by atoms with Crippen molar-refractivity contribution in [3.05, 3.63) is 376 Å². The fourth-order valence-electron chi connectivity index (χ4n) is 16.4. The molecule has 5 heteroatoms. The first-order valence-corrected chi connectivity index (χ1v) is 34.8. The summed E-state index contributed by atoms with van der Waals surface area (Å²) in [7, 11) is 0. The second-order valence-electron chi connectivity index (χ2n) is 26.7. The highest BCUT2D eigenvalue weighted by atomic mass is 15.0. The molecule has 0 amide bonds. The van der Waals surface area contributed by atoms with E-state index in [0.29, 0.717) is 5.56 Å². The van der Waals surface area contributed by atoms with Gasteiger partial charge in [0, 0.05) is 65.8 Å². The van der Waals surface area contributed by atoms with Gasteiger partial charge in [-0.3, -0.25) is 0 Å². The monoisotopic (exact) mass is 1300 g/mol. The quantitative estimate of drug-likeness (QED) is 0.140. The molecule has 0 atom stereocenters. The summed E-state index contributed by atoms with van der Waals surface area (Å²) in [5, 5.41) is 27.1. The number of hydrogen-bond acceptors (Lipinski definition) is 1. The van der Waals surface area contributed by atoms with Crippen molar-refractivity contribution in [2.24, 2.45) is 0 Å². The van der Waals surface area contributed by atoms with Crippen LogP contribution in [0.25, 0.3) is 187 Å². The van der Waals surface area contributed by atoms with Gasteiger partial charge >= 0.3 is 0 Å². The Morgan fingerprint density at radius 2 is 0.422 bits per heavy atom. The van der Waals surface area contributed by atoms with Gasteiger partial charge in [0.25, 0.3) is 0 Å². The van der Waals surface area contributed by atoms with Crippen molar-refractivity contribution < 1.29 is 0 Å². The van der Waals surface area contributed by atoms with Gasteiger partial charge in [0.05, 0.1) is 55.8 Å². The van der Waals surface area contributed by atoms with E-state index >= 15 is 0 Å². The van der Waals surface area contributed by atoms with Gasteiger partial charge < -0.3 is 18.3 Å². The third-order valence-electron chi connectivity index (χ3n) is 21.0. The van der Waals surface area contributed by atoms with Gasteiger partial charge in [-0.1, -0.05) is 243 Å². The Morgan fingerprint density at radius 3 is 0.784 bits per heavy atom. The van der Waals surface area contributed by atoms with Crippen LogP contribution in [0.1, 0.15) is 5.56 Å². The number of fused-ring (bicyclic) bond motifs is 18. The molecule has 4 aromatic heterocycles. The summed E-state index contributed by atoms with van der Waals surface area (Å²) in [5.74, 6) is 0. The number of nitrogens with zero attached hydrogens (tertiary/aromatic N) is 5. The van der Waals surface area contributed by atoms with Crippen molar-refractivity contribution in [2.75, 3.05) is 0 Å². The van der Waals surface area contributed by atoms with Gasteiger partial charge in [-0.2, -0.15) is 5.26 Å². The zero-order valence-corrected chi connectivity index (χ0v) is 55.5. The average molecular weight is 1300 g/mol.